The monoisotopic (exact) mass is 260 g/mol. The van der Waals surface area contributed by atoms with Crippen LogP contribution in [-0.2, 0) is 6.42 Å². The van der Waals surface area contributed by atoms with Crippen molar-refractivity contribution in [3.05, 3.63) is 35.4 Å². The van der Waals surface area contributed by atoms with Crippen molar-refractivity contribution in [3.8, 4) is 0 Å². The molecule has 0 saturated heterocycles. The number of hydrogen-bond acceptors (Lipinski definition) is 0. The van der Waals surface area contributed by atoms with Crippen molar-refractivity contribution >= 4 is 11.6 Å². The van der Waals surface area contributed by atoms with E-state index in [0.717, 1.165) is 6.42 Å². The fourth-order valence-corrected chi connectivity index (χ4v) is 1.82. The lowest BCUT2D eigenvalue weighted by molar-refractivity contribution is 0.368. The van der Waals surface area contributed by atoms with Gasteiger partial charge in [-0.25, -0.2) is 8.78 Å². The van der Waals surface area contributed by atoms with Gasteiger partial charge in [0.2, 0.25) is 0 Å². The van der Waals surface area contributed by atoms with Gasteiger partial charge in [0, 0.05) is 10.9 Å². The molecule has 0 nitrogen and oxygen atoms in total. The standard InChI is InChI=1S/C14H19ClF2/c1-14(2,3)13(15)9-4-6-10-11(16)7-5-8-12(10)17/h5,7-8,13H,4,6,9H2,1-3H3. The summed E-state index contributed by atoms with van der Waals surface area (Å²) >= 11 is 6.22. The number of alkyl halides is 1. The molecule has 96 valence electrons. The molecule has 0 radical (unpaired) electrons. The van der Waals surface area contributed by atoms with Gasteiger partial charge in [0.05, 0.1) is 0 Å². The summed E-state index contributed by atoms with van der Waals surface area (Å²) in [5, 5.41) is 0.0253. The van der Waals surface area contributed by atoms with E-state index in [4.69, 9.17) is 11.6 Å². The van der Waals surface area contributed by atoms with Gasteiger partial charge in [-0.05, 0) is 36.8 Å². The largest absolute Gasteiger partial charge is 0.207 e. The maximum atomic E-state index is 13.3. The van der Waals surface area contributed by atoms with Gasteiger partial charge >= 0.3 is 0 Å². The Morgan fingerprint density at radius 3 is 2.18 bits per heavy atom. The Morgan fingerprint density at radius 1 is 1.18 bits per heavy atom. The van der Waals surface area contributed by atoms with Crippen LogP contribution in [0.15, 0.2) is 18.2 Å². The van der Waals surface area contributed by atoms with E-state index in [0.29, 0.717) is 12.8 Å². The lowest BCUT2D eigenvalue weighted by atomic mass is 9.88. The minimum Gasteiger partial charge on any atom is -0.207 e. The van der Waals surface area contributed by atoms with E-state index in [2.05, 4.69) is 20.8 Å². The zero-order valence-corrected chi connectivity index (χ0v) is 11.3. The highest BCUT2D eigenvalue weighted by Gasteiger charge is 2.21. The van der Waals surface area contributed by atoms with E-state index in [1.165, 1.54) is 18.2 Å². The molecule has 1 aromatic rings. The normalized spacial score (nSPS) is 13.8. The summed E-state index contributed by atoms with van der Waals surface area (Å²) in [6.45, 7) is 6.19. The molecule has 0 N–H and O–H groups in total. The molecule has 0 fully saturated rings. The Labute approximate surface area is 107 Å². The average molecular weight is 261 g/mol. The SMILES string of the molecule is CC(C)(C)C(Cl)CCCc1c(F)cccc1F. The zero-order valence-electron chi connectivity index (χ0n) is 10.6. The maximum Gasteiger partial charge on any atom is 0.129 e. The fourth-order valence-electron chi connectivity index (χ4n) is 1.66. The Hall–Kier alpha value is -0.630. The molecule has 0 aliphatic carbocycles. The molecular weight excluding hydrogens is 242 g/mol. The third-order valence-electron chi connectivity index (χ3n) is 2.89. The van der Waals surface area contributed by atoms with Crippen molar-refractivity contribution in [2.24, 2.45) is 5.41 Å². The summed E-state index contributed by atoms with van der Waals surface area (Å²) in [4.78, 5) is 0. The Bertz CT molecular complexity index is 349. The van der Waals surface area contributed by atoms with E-state index in [-0.39, 0.29) is 16.4 Å². The number of halogens is 3. The molecule has 0 amide bonds. The van der Waals surface area contributed by atoms with E-state index in [9.17, 15) is 8.78 Å². The third-order valence-corrected chi connectivity index (χ3v) is 3.76. The van der Waals surface area contributed by atoms with E-state index < -0.39 is 11.6 Å². The van der Waals surface area contributed by atoms with Crippen LogP contribution in [0.1, 0.15) is 39.2 Å². The zero-order chi connectivity index (χ0) is 13.1. The van der Waals surface area contributed by atoms with Gasteiger partial charge in [-0.1, -0.05) is 26.8 Å². The number of benzene rings is 1. The topological polar surface area (TPSA) is 0 Å². The van der Waals surface area contributed by atoms with Crippen LogP contribution in [0.2, 0.25) is 0 Å². The predicted molar refractivity (Wildman–Crippen MR) is 68.4 cm³/mol. The summed E-state index contributed by atoms with van der Waals surface area (Å²) in [6, 6.07) is 3.97. The molecule has 1 unspecified atom stereocenters. The molecule has 0 saturated carbocycles. The smallest absolute Gasteiger partial charge is 0.129 e. The number of hydrogen-bond donors (Lipinski definition) is 0. The van der Waals surface area contributed by atoms with Crippen LogP contribution in [0.3, 0.4) is 0 Å². The van der Waals surface area contributed by atoms with Crippen molar-refractivity contribution in [1.29, 1.82) is 0 Å². The van der Waals surface area contributed by atoms with Gasteiger partial charge in [0.1, 0.15) is 11.6 Å². The Kier molecular flexibility index (Phi) is 4.93. The van der Waals surface area contributed by atoms with Crippen LogP contribution in [-0.4, -0.2) is 5.38 Å². The van der Waals surface area contributed by atoms with E-state index in [1.54, 1.807) is 0 Å². The molecule has 0 aromatic heterocycles. The van der Waals surface area contributed by atoms with E-state index in [1.807, 2.05) is 0 Å². The molecule has 0 heterocycles. The molecule has 17 heavy (non-hydrogen) atoms. The average Bonchev–Trinajstić information content (AvgIpc) is 2.20. The Balaban J connectivity index is 2.52. The van der Waals surface area contributed by atoms with Gasteiger partial charge in [-0.2, -0.15) is 0 Å². The van der Waals surface area contributed by atoms with Gasteiger partial charge in [-0.15, -0.1) is 11.6 Å². The highest BCUT2D eigenvalue weighted by molar-refractivity contribution is 6.21. The summed E-state index contributed by atoms with van der Waals surface area (Å²) in [6.07, 6.45) is 1.86. The minimum atomic E-state index is -0.466. The first-order chi connectivity index (χ1) is 7.82. The summed E-state index contributed by atoms with van der Waals surface area (Å²) in [7, 11) is 0. The molecular formula is C14H19ClF2. The maximum absolute atomic E-state index is 13.3. The lowest BCUT2D eigenvalue weighted by Crippen LogP contribution is -2.20. The summed E-state index contributed by atoms with van der Waals surface area (Å²) in [5.41, 5.74) is 0.195. The molecule has 0 aliphatic heterocycles. The summed E-state index contributed by atoms with van der Waals surface area (Å²) < 4.78 is 26.7. The van der Waals surface area contributed by atoms with Gasteiger partial charge in [-0.3, -0.25) is 0 Å². The highest BCUT2D eigenvalue weighted by Crippen LogP contribution is 2.28. The fraction of sp³-hybridized carbons (Fsp3) is 0.571. The van der Waals surface area contributed by atoms with Crippen molar-refractivity contribution in [2.45, 2.75) is 45.4 Å². The molecule has 0 spiro atoms. The lowest BCUT2D eigenvalue weighted by Gasteiger charge is -2.25. The Morgan fingerprint density at radius 2 is 1.71 bits per heavy atom. The van der Waals surface area contributed by atoms with Crippen LogP contribution in [0.25, 0.3) is 0 Å². The molecule has 0 aliphatic rings. The van der Waals surface area contributed by atoms with Crippen LogP contribution >= 0.6 is 11.6 Å². The quantitative estimate of drug-likeness (QED) is 0.673. The van der Waals surface area contributed by atoms with E-state index >= 15 is 0 Å². The van der Waals surface area contributed by atoms with Crippen LogP contribution in [0.4, 0.5) is 8.78 Å². The second kappa shape index (κ2) is 5.81. The molecule has 1 atom stereocenters. The number of rotatable bonds is 4. The highest BCUT2D eigenvalue weighted by atomic mass is 35.5. The first-order valence-electron chi connectivity index (χ1n) is 5.89. The molecule has 3 heteroatoms. The van der Waals surface area contributed by atoms with Crippen LogP contribution in [0.5, 0.6) is 0 Å². The third kappa shape index (κ3) is 4.27. The van der Waals surface area contributed by atoms with Gasteiger partial charge in [0.15, 0.2) is 0 Å². The van der Waals surface area contributed by atoms with Crippen molar-refractivity contribution in [1.82, 2.24) is 0 Å². The van der Waals surface area contributed by atoms with Crippen molar-refractivity contribution in [2.75, 3.05) is 0 Å². The second-order valence-corrected chi connectivity index (χ2v) is 5.95. The van der Waals surface area contributed by atoms with Crippen molar-refractivity contribution in [3.63, 3.8) is 0 Å². The first-order valence-corrected chi connectivity index (χ1v) is 6.33. The minimum absolute atomic E-state index is 0.0231. The molecule has 0 bridgehead atoms. The van der Waals surface area contributed by atoms with Crippen LogP contribution < -0.4 is 0 Å². The molecule has 1 rings (SSSR count). The summed E-state index contributed by atoms with van der Waals surface area (Å²) in [5.74, 6) is -0.932. The van der Waals surface area contributed by atoms with Crippen molar-refractivity contribution < 1.29 is 8.78 Å². The van der Waals surface area contributed by atoms with Gasteiger partial charge in [0.25, 0.3) is 0 Å². The predicted octanol–water partition coefficient (Wildman–Crippen LogP) is 4.94. The first kappa shape index (κ1) is 14.4. The molecule has 1 aromatic carbocycles. The van der Waals surface area contributed by atoms with Gasteiger partial charge < -0.3 is 0 Å². The second-order valence-electron chi connectivity index (χ2n) is 5.43. The van der Waals surface area contributed by atoms with Crippen LogP contribution in [0, 0.1) is 17.0 Å².